The van der Waals surface area contributed by atoms with E-state index in [4.69, 9.17) is 0 Å². The van der Waals surface area contributed by atoms with Gasteiger partial charge in [0.15, 0.2) is 0 Å². The van der Waals surface area contributed by atoms with Crippen LogP contribution in [0.2, 0.25) is 0 Å². The van der Waals surface area contributed by atoms with Gasteiger partial charge in [-0.2, -0.15) is 0 Å². The zero-order valence-electron chi connectivity index (χ0n) is 13.7. The van der Waals surface area contributed by atoms with Gasteiger partial charge in [-0.15, -0.1) is 11.3 Å². The van der Waals surface area contributed by atoms with Crippen LogP contribution in [0.15, 0.2) is 46.7 Å². The molecular formula is C18H14F2N2O2S2. The SMILES string of the molecule is Cc1nc(-c2ccc3c(c2)CCN3S(=O)(=O)c2cc(F)ccc2F)cs1. The Balaban J connectivity index is 1.75. The van der Waals surface area contributed by atoms with E-state index < -0.39 is 26.6 Å². The highest BCUT2D eigenvalue weighted by Gasteiger charge is 2.33. The predicted molar refractivity (Wildman–Crippen MR) is 96.9 cm³/mol. The Morgan fingerprint density at radius 3 is 2.69 bits per heavy atom. The number of aryl methyl sites for hydroxylation is 1. The van der Waals surface area contributed by atoms with Gasteiger partial charge in [0, 0.05) is 17.5 Å². The second-order valence-electron chi connectivity index (χ2n) is 6.00. The molecule has 0 bridgehead atoms. The fraction of sp³-hybridized carbons (Fsp3) is 0.167. The first-order valence-electron chi connectivity index (χ1n) is 7.89. The Bertz CT molecular complexity index is 1110. The molecule has 2 heterocycles. The van der Waals surface area contributed by atoms with Crippen molar-refractivity contribution in [2.45, 2.75) is 18.2 Å². The highest BCUT2D eigenvalue weighted by atomic mass is 32.2. The second kappa shape index (κ2) is 6.14. The monoisotopic (exact) mass is 392 g/mol. The maximum atomic E-state index is 14.0. The highest BCUT2D eigenvalue weighted by molar-refractivity contribution is 7.92. The lowest BCUT2D eigenvalue weighted by Crippen LogP contribution is -2.29. The van der Waals surface area contributed by atoms with E-state index in [9.17, 15) is 17.2 Å². The molecule has 0 radical (unpaired) electrons. The third-order valence-corrected chi connectivity index (χ3v) is 6.91. The van der Waals surface area contributed by atoms with Crippen LogP contribution in [-0.4, -0.2) is 19.9 Å². The number of hydrogen-bond acceptors (Lipinski definition) is 4. The number of benzene rings is 2. The molecular weight excluding hydrogens is 378 g/mol. The number of rotatable bonds is 3. The van der Waals surface area contributed by atoms with E-state index in [1.54, 1.807) is 23.5 Å². The minimum absolute atomic E-state index is 0.188. The van der Waals surface area contributed by atoms with E-state index in [1.807, 2.05) is 18.4 Å². The van der Waals surface area contributed by atoms with Crippen molar-refractivity contribution in [3.05, 3.63) is 64.0 Å². The van der Waals surface area contributed by atoms with Gasteiger partial charge < -0.3 is 0 Å². The summed E-state index contributed by atoms with van der Waals surface area (Å²) in [6.07, 6.45) is 0.502. The standard InChI is InChI=1S/C18H14F2N2O2S2/c1-11-21-16(10-25-11)12-2-5-17-13(8-12)6-7-22(17)26(23,24)18-9-14(19)3-4-15(18)20/h2-5,8-10H,6-7H2,1H3. The molecule has 0 unspecified atom stereocenters. The van der Waals surface area contributed by atoms with Crippen molar-refractivity contribution in [1.82, 2.24) is 4.98 Å². The Kier molecular flexibility index (Phi) is 4.04. The Hall–Kier alpha value is -2.32. The molecule has 3 aromatic rings. The number of nitrogens with zero attached hydrogens (tertiary/aromatic N) is 2. The van der Waals surface area contributed by atoms with Crippen molar-refractivity contribution in [3.63, 3.8) is 0 Å². The third-order valence-electron chi connectivity index (χ3n) is 4.31. The molecule has 0 spiro atoms. The average molecular weight is 392 g/mol. The summed E-state index contributed by atoms with van der Waals surface area (Å²) in [7, 11) is -4.17. The summed E-state index contributed by atoms with van der Waals surface area (Å²) in [5.41, 5.74) is 3.08. The topological polar surface area (TPSA) is 50.3 Å². The smallest absolute Gasteiger partial charge is 0.266 e. The van der Waals surface area contributed by atoms with Gasteiger partial charge in [-0.3, -0.25) is 4.31 Å². The Labute approximate surface area is 153 Å². The van der Waals surface area contributed by atoms with Crippen LogP contribution in [0.1, 0.15) is 10.6 Å². The molecule has 0 saturated carbocycles. The largest absolute Gasteiger partial charge is 0.267 e. The van der Waals surface area contributed by atoms with E-state index >= 15 is 0 Å². The number of anilines is 1. The maximum Gasteiger partial charge on any atom is 0.267 e. The second-order valence-corrected chi connectivity index (χ2v) is 8.89. The van der Waals surface area contributed by atoms with Crippen LogP contribution in [0.25, 0.3) is 11.3 Å². The first-order valence-corrected chi connectivity index (χ1v) is 10.2. The van der Waals surface area contributed by atoms with Gasteiger partial charge in [-0.05, 0) is 49.2 Å². The summed E-state index contributed by atoms with van der Waals surface area (Å²) >= 11 is 1.54. The maximum absolute atomic E-state index is 14.0. The molecule has 4 nitrogen and oxygen atoms in total. The van der Waals surface area contributed by atoms with Crippen molar-refractivity contribution >= 4 is 27.0 Å². The number of halogens is 2. The molecule has 1 aliphatic heterocycles. The highest BCUT2D eigenvalue weighted by Crippen LogP contribution is 2.36. The van der Waals surface area contributed by atoms with Gasteiger partial charge in [0.1, 0.15) is 16.5 Å². The molecule has 0 N–H and O–H groups in total. The fourth-order valence-electron chi connectivity index (χ4n) is 3.07. The fourth-order valence-corrected chi connectivity index (χ4v) is 5.27. The van der Waals surface area contributed by atoms with E-state index in [-0.39, 0.29) is 6.54 Å². The molecule has 1 aromatic heterocycles. The molecule has 0 aliphatic carbocycles. The summed E-state index contributed by atoms with van der Waals surface area (Å²) in [5, 5.41) is 2.90. The van der Waals surface area contributed by atoms with Gasteiger partial charge in [0.25, 0.3) is 10.0 Å². The summed E-state index contributed by atoms with van der Waals surface area (Å²) < 4.78 is 54.3. The zero-order valence-corrected chi connectivity index (χ0v) is 15.4. The minimum atomic E-state index is -4.17. The first-order chi connectivity index (χ1) is 12.4. The normalized spacial score (nSPS) is 13.9. The molecule has 0 fully saturated rings. The molecule has 1 aliphatic rings. The number of sulfonamides is 1. The summed E-state index contributed by atoms with van der Waals surface area (Å²) in [6, 6.07) is 7.84. The third kappa shape index (κ3) is 2.79. The van der Waals surface area contributed by atoms with Crippen molar-refractivity contribution in [3.8, 4) is 11.3 Å². The van der Waals surface area contributed by atoms with Crippen molar-refractivity contribution in [2.24, 2.45) is 0 Å². The van der Waals surface area contributed by atoms with Gasteiger partial charge in [-0.25, -0.2) is 22.2 Å². The molecule has 8 heteroatoms. The first kappa shape index (κ1) is 17.1. The molecule has 2 aromatic carbocycles. The summed E-state index contributed by atoms with van der Waals surface area (Å²) in [5.74, 6) is -1.76. The molecule has 134 valence electrons. The molecule has 26 heavy (non-hydrogen) atoms. The number of hydrogen-bond donors (Lipinski definition) is 0. The van der Waals surface area contributed by atoms with E-state index in [2.05, 4.69) is 4.98 Å². The van der Waals surface area contributed by atoms with Gasteiger partial charge in [-0.1, -0.05) is 6.07 Å². The lowest BCUT2D eigenvalue weighted by molar-refractivity contribution is 0.551. The van der Waals surface area contributed by atoms with E-state index in [1.165, 1.54) is 0 Å². The quantitative estimate of drug-likeness (QED) is 0.673. The van der Waals surface area contributed by atoms with Crippen LogP contribution < -0.4 is 4.31 Å². The average Bonchev–Trinajstić information content (AvgIpc) is 3.22. The van der Waals surface area contributed by atoms with Crippen LogP contribution in [-0.2, 0) is 16.4 Å². The minimum Gasteiger partial charge on any atom is -0.266 e. The Morgan fingerprint density at radius 2 is 1.96 bits per heavy atom. The molecule has 0 atom stereocenters. The lowest BCUT2D eigenvalue weighted by atomic mass is 10.1. The number of aromatic nitrogens is 1. The van der Waals surface area contributed by atoms with Crippen LogP contribution >= 0.6 is 11.3 Å². The van der Waals surface area contributed by atoms with Crippen LogP contribution in [0.5, 0.6) is 0 Å². The number of thiazole rings is 1. The predicted octanol–water partition coefficient (Wildman–Crippen LogP) is 4.15. The van der Waals surface area contributed by atoms with Gasteiger partial charge in [0.05, 0.1) is 16.4 Å². The van der Waals surface area contributed by atoms with Crippen molar-refractivity contribution < 1.29 is 17.2 Å². The molecule has 0 saturated heterocycles. The van der Waals surface area contributed by atoms with E-state index in [0.29, 0.717) is 12.1 Å². The van der Waals surface area contributed by atoms with Crippen molar-refractivity contribution in [1.29, 1.82) is 0 Å². The zero-order chi connectivity index (χ0) is 18.5. The van der Waals surface area contributed by atoms with Crippen LogP contribution in [0.3, 0.4) is 0 Å². The lowest BCUT2D eigenvalue weighted by Gasteiger charge is -2.20. The molecule has 4 rings (SSSR count). The van der Waals surface area contributed by atoms with Crippen LogP contribution in [0.4, 0.5) is 14.5 Å². The van der Waals surface area contributed by atoms with Gasteiger partial charge >= 0.3 is 0 Å². The Morgan fingerprint density at radius 1 is 1.15 bits per heavy atom. The van der Waals surface area contributed by atoms with Crippen molar-refractivity contribution in [2.75, 3.05) is 10.8 Å². The molecule has 0 amide bonds. The van der Waals surface area contributed by atoms with Gasteiger partial charge in [0.2, 0.25) is 0 Å². The summed E-state index contributed by atoms with van der Waals surface area (Å²) in [4.78, 5) is 3.79. The summed E-state index contributed by atoms with van der Waals surface area (Å²) in [6.45, 7) is 2.11. The van der Waals surface area contributed by atoms with E-state index in [0.717, 1.165) is 44.3 Å². The van der Waals surface area contributed by atoms with Crippen LogP contribution in [0, 0.1) is 18.6 Å². The number of fused-ring (bicyclic) bond motifs is 1.